The summed E-state index contributed by atoms with van der Waals surface area (Å²) in [6.45, 7) is 3.66. The summed E-state index contributed by atoms with van der Waals surface area (Å²) in [5, 5.41) is 4.35. The topological polar surface area (TPSA) is 50.8 Å². The number of amides is 1. The molecular weight excluding hydrogens is 433 g/mol. The number of ether oxygens (including phenoxy) is 2. The second kappa shape index (κ2) is 9.31. The molecule has 174 valence electrons. The van der Waals surface area contributed by atoms with Crippen LogP contribution in [-0.4, -0.2) is 39.3 Å². The van der Waals surface area contributed by atoms with Gasteiger partial charge in [0, 0.05) is 18.8 Å². The number of halogens is 3. The van der Waals surface area contributed by atoms with Gasteiger partial charge in [0.1, 0.15) is 5.75 Å². The molecule has 1 saturated heterocycles. The zero-order valence-corrected chi connectivity index (χ0v) is 18.4. The van der Waals surface area contributed by atoms with E-state index in [2.05, 4.69) is 5.32 Å². The molecule has 4 rings (SSSR count). The average Bonchev–Trinajstić information content (AvgIpc) is 2.83. The second-order valence-corrected chi connectivity index (χ2v) is 8.01. The first-order valence-corrected chi connectivity index (χ1v) is 10.7. The fourth-order valence-electron chi connectivity index (χ4n) is 3.92. The molecule has 1 N–H and O–H groups in total. The summed E-state index contributed by atoms with van der Waals surface area (Å²) in [5.74, 6) is -0.426. The van der Waals surface area contributed by atoms with Gasteiger partial charge in [-0.25, -0.2) is 0 Å². The minimum atomic E-state index is -4.60. The van der Waals surface area contributed by atoms with Crippen LogP contribution in [0.15, 0.2) is 54.6 Å². The molecule has 0 aliphatic carbocycles. The first kappa shape index (κ1) is 22.9. The molecule has 33 heavy (non-hydrogen) atoms. The molecule has 0 spiro atoms. The number of fused-ring (bicyclic) bond motifs is 1. The lowest BCUT2D eigenvalue weighted by molar-refractivity contribution is -0.137. The van der Waals surface area contributed by atoms with Crippen LogP contribution in [0, 0.1) is 0 Å². The van der Waals surface area contributed by atoms with E-state index in [1.54, 1.807) is 26.2 Å². The van der Waals surface area contributed by atoms with Gasteiger partial charge in [-0.1, -0.05) is 24.3 Å². The van der Waals surface area contributed by atoms with Crippen molar-refractivity contribution in [2.45, 2.75) is 19.0 Å². The second-order valence-electron chi connectivity index (χ2n) is 8.01. The van der Waals surface area contributed by atoms with Crippen LogP contribution in [0.25, 0.3) is 10.8 Å². The van der Waals surface area contributed by atoms with Crippen LogP contribution in [0.3, 0.4) is 0 Å². The number of alkyl halides is 3. The third-order valence-electron chi connectivity index (χ3n) is 5.91. The van der Waals surface area contributed by atoms with Gasteiger partial charge in [0.05, 0.1) is 37.5 Å². The maximum atomic E-state index is 13.8. The van der Waals surface area contributed by atoms with Crippen LogP contribution >= 0.6 is 0 Å². The Balaban J connectivity index is 1.57. The highest BCUT2D eigenvalue weighted by molar-refractivity contribution is 5.97. The smallest absolute Gasteiger partial charge is 0.418 e. The van der Waals surface area contributed by atoms with E-state index in [1.807, 2.05) is 35.2 Å². The Morgan fingerprint density at radius 3 is 2.42 bits per heavy atom. The number of hydrogen-bond acceptors (Lipinski definition) is 4. The molecule has 1 amide bonds. The van der Waals surface area contributed by atoms with Gasteiger partial charge in [-0.05, 0) is 53.6 Å². The van der Waals surface area contributed by atoms with Crippen LogP contribution in [0.4, 0.5) is 24.5 Å². The molecule has 3 aromatic carbocycles. The Hall–Kier alpha value is -3.26. The van der Waals surface area contributed by atoms with E-state index >= 15 is 0 Å². The molecule has 1 aliphatic heterocycles. The summed E-state index contributed by atoms with van der Waals surface area (Å²) in [4.78, 5) is 14.7. The predicted molar refractivity (Wildman–Crippen MR) is 122 cm³/mol. The summed E-state index contributed by atoms with van der Waals surface area (Å²) >= 11 is 0. The number of nitrogens with zero attached hydrogens (tertiary/aromatic N) is 1. The highest BCUT2D eigenvalue weighted by Crippen LogP contribution is 2.38. The molecule has 0 aromatic heterocycles. The minimum Gasteiger partial charge on any atom is -0.497 e. The number of hydrogen-bond donors (Lipinski definition) is 1. The van der Waals surface area contributed by atoms with Crippen molar-refractivity contribution >= 4 is 28.1 Å². The Morgan fingerprint density at radius 1 is 1.03 bits per heavy atom. The number of rotatable bonds is 5. The molecule has 0 radical (unpaired) electrons. The zero-order valence-electron chi connectivity index (χ0n) is 18.4. The van der Waals surface area contributed by atoms with E-state index in [4.69, 9.17) is 9.47 Å². The van der Waals surface area contributed by atoms with Crippen LogP contribution in [-0.2, 0) is 15.7 Å². The van der Waals surface area contributed by atoms with Crippen molar-refractivity contribution in [3.63, 3.8) is 0 Å². The van der Waals surface area contributed by atoms with Gasteiger partial charge < -0.3 is 19.7 Å². The lowest BCUT2D eigenvalue weighted by Crippen LogP contribution is -2.36. The highest BCUT2D eigenvalue weighted by atomic mass is 19.4. The Kier molecular flexibility index (Phi) is 6.47. The molecule has 8 heteroatoms. The first-order chi connectivity index (χ1) is 15.8. The third-order valence-corrected chi connectivity index (χ3v) is 5.91. The quantitative estimate of drug-likeness (QED) is 0.553. The van der Waals surface area contributed by atoms with Crippen LogP contribution in [0.2, 0.25) is 0 Å². The SMILES string of the molecule is COc1ccc2cc(C(C)C(=O)Nc3ccc(N4CCOCC4)cc3C(F)(F)F)ccc2c1. The normalized spacial score (nSPS) is 15.4. The van der Waals surface area contributed by atoms with E-state index in [1.165, 1.54) is 6.07 Å². The number of benzene rings is 3. The van der Waals surface area contributed by atoms with E-state index < -0.39 is 23.6 Å². The summed E-state index contributed by atoms with van der Waals surface area (Å²) in [6.07, 6.45) is -4.60. The van der Waals surface area contributed by atoms with Gasteiger partial charge in [-0.15, -0.1) is 0 Å². The van der Waals surface area contributed by atoms with Gasteiger partial charge >= 0.3 is 6.18 Å². The van der Waals surface area contributed by atoms with Crippen molar-refractivity contribution in [2.24, 2.45) is 0 Å². The molecule has 0 saturated carbocycles. The number of nitrogens with one attached hydrogen (secondary N) is 1. The maximum Gasteiger partial charge on any atom is 0.418 e. The third kappa shape index (κ3) is 5.06. The van der Waals surface area contributed by atoms with Crippen molar-refractivity contribution in [1.82, 2.24) is 0 Å². The molecular formula is C25H25F3N2O3. The lowest BCUT2D eigenvalue weighted by atomic mass is 9.96. The Morgan fingerprint density at radius 2 is 1.73 bits per heavy atom. The lowest BCUT2D eigenvalue weighted by Gasteiger charge is -2.29. The first-order valence-electron chi connectivity index (χ1n) is 10.7. The Labute approximate surface area is 190 Å². The van der Waals surface area contributed by atoms with Crippen molar-refractivity contribution in [3.05, 3.63) is 65.7 Å². The highest BCUT2D eigenvalue weighted by Gasteiger charge is 2.35. The summed E-state index contributed by atoms with van der Waals surface area (Å²) < 4.78 is 51.9. The largest absolute Gasteiger partial charge is 0.497 e. The molecule has 0 bridgehead atoms. The van der Waals surface area contributed by atoms with Crippen molar-refractivity contribution in [2.75, 3.05) is 43.6 Å². The number of carbonyl (C=O) groups excluding carboxylic acids is 1. The Bertz CT molecular complexity index is 1160. The molecule has 1 aliphatic rings. The molecule has 1 heterocycles. The minimum absolute atomic E-state index is 0.248. The predicted octanol–water partition coefficient (Wildman–Crippen LogP) is 5.45. The van der Waals surface area contributed by atoms with E-state index in [0.29, 0.717) is 37.6 Å². The molecule has 1 unspecified atom stereocenters. The van der Waals surface area contributed by atoms with Crippen molar-refractivity contribution < 1.29 is 27.4 Å². The van der Waals surface area contributed by atoms with Gasteiger partial charge in [-0.3, -0.25) is 4.79 Å². The van der Waals surface area contributed by atoms with E-state index in [0.717, 1.165) is 22.6 Å². The van der Waals surface area contributed by atoms with Crippen LogP contribution in [0.5, 0.6) is 5.75 Å². The molecule has 3 aromatic rings. The van der Waals surface area contributed by atoms with Gasteiger partial charge in [-0.2, -0.15) is 13.2 Å². The summed E-state index contributed by atoms with van der Waals surface area (Å²) in [6, 6.07) is 15.1. The monoisotopic (exact) mass is 458 g/mol. The van der Waals surface area contributed by atoms with Crippen LogP contribution in [0.1, 0.15) is 24.0 Å². The number of carbonyl (C=O) groups is 1. The zero-order chi connectivity index (χ0) is 23.6. The molecule has 1 fully saturated rings. The number of methoxy groups -OCH3 is 1. The number of morpholine rings is 1. The summed E-state index contributed by atoms with van der Waals surface area (Å²) in [5.41, 5.74) is 0.0600. The van der Waals surface area contributed by atoms with Crippen molar-refractivity contribution in [3.8, 4) is 5.75 Å². The van der Waals surface area contributed by atoms with E-state index in [-0.39, 0.29) is 5.69 Å². The summed E-state index contributed by atoms with van der Waals surface area (Å²) in [7, 11) is 1.59. The number of anilines is 2. The van der Waals surface area contributed by atoms with Gasteiger partial charge in [0.2, 0.25) is 5.91 Å². The van der Waals surface area contributed by atoms with Gasteiger partial charge in [0.15, 0.2) is 0 Å². The molecule has 1 atom stereocenters. The maximum absolute atomic E-state index is 13.8. The van der Waals surface area contributed by atoms with Crippen LogP contribution < -0.4 is 15.0 Å². The van der Waals surface area contributed by atoms with Crippen molar-refractivity contribution in [1.29, 1.82) is 0 Å². The van der Waals surface area contributed by atoms with Gasteiger partial charge in [0.25, 0.3) is 0 Å². The van der Waals surface area contributed by atoms with E-state index in [9.17, 15) is 18.0 Å². The average molecular weight is 458 g/mol. The fourth-order valence-corrected chi connectivity index (χ4v) is 3.92. The standard InChI is InChI=1S/C25H25F3N2O3/c1-16(17-3-4-19-14-21(32-2)7-5-18(19)13-17)24(31)29-23-8-6-20(15-22(23)25(26,27)28)30-9-11-33-12-10-30/h3-8,13-16H,9-12H2,1-2H3,(H,29,31). The molecule has 5 nitrogen and oxygen atoms in total. The fraction of sp³-hybridized carbons (Fsp3) is 0.320.